The molecule has 2 N–H and O–H groups in total. The highest BCUT2D eigenvalue weighted by atomic mass is 16.2. The zero-order chi connectivity index (χ0) is 21.5. The third-order valence-corrected chi connectivity index (χ3v) is 6.58. The second kappa shape index (κ2) is 10.6. The van der Waals surface area contributed by atoms with Crippen molar-refractivity contribution >= 4 is 17.5 Å². The van der Waals surface area contributed by atoms with Crippen LogP contribution in [0, 0.1) is 0 Å². The second-order valence-electron chi connectivity index (χ2n) is 8.89. The average molecular weight is 422 g/mol. The molecule has 0 bridgehead atoms. The summed E-state index contributed by atoms with van der Waals surface area (Å²) in [6, 6.07) is 12.6. The lowest BCUT2D eigenvalue weighted by molar-refractivity contribution is 0.185. The summed E-state index contributed by atoms with van der Waals surface area (Å²) in [5, 5.41) is 6.06. The Balaban J connectivity index is 1.32. The van der Waals surface area contributed by atoms with Crippen molar-refractivity contribution in [2.24, 2.45) is 0 Å². The van der Waals surface area contributed by atoms with Gasteiger partial charge in [0, 0.05) is 44.1 Å². The van der Waals surface area contributed by atoms with Gasteiger partial charge in [0.05, 0.1) is 0 Å². The van der Waals surface area contributed by atoms with Crippen LogP contribution in [0.5, 0.6) is 0 Å². The van der Waals surface area contributed by atoms with Crippen molar-refractivity contribution in [2.75, 3.05) is 30.4 Å². The summed E-state index contributed by atoms with van der Waals surface area (Å²) in [6.45, 7) is 3.47. The maximum absolute atomic E-state index is 12.6. The van der Waals surface area contributed by atoms with Crippen LogP contribution in [-0.4, -0.2) is 42.1 Å². The Morgan fingerprint density at radius 1 is 1.10 bits per heavy atom. The number of carbonyl (C=O) groups excluding carboxylic acids is 1. The summed E-state index contributed by atoms with van der Waals surface area (Å²) in [6.07, 6.45) is 10.8. The monoisotopic (exact) mass is 421 g/mol. The van der Waals surface area contributed by atoms with E-state index in [1.165, 1.54) is 44.9 Å². The van der Waals surface area contributed by atoms with Gasteiger partial charge in [0.15, 0.2) is 0 Å². The predicted molar refractivity (Wildman–Crippen MR) is 126 cm³/mol. The molecule has 0 atom stereocenters. The standard InChI is InChI=1S/C25H35N5O/c1-29(22-10-3-2-4-11-22)19-21-9-5-6-12-23(21)28-25(31)27-18-20-13-14-26-24(17-20)30-15-7-8-16-30/h5-6,9,12-14,17,22H,2-4,7-8,10-11,15-16,18-19H2,1H3,(H2,27,28,31). The number of hydrogen-bond acceptors (Lipinski definition) is 4. The van der Waals surface area contributed by atoms with E-state index in [1.54, 1.807) is 0 Å². The number of pyridine rings is 1. The van der Waals surface area contributed by atoms with Crippen molar-refractivity contribution in [2.45, 2.75) is 64.1 Å². The van der Waals surface area contributed by atoms with Gasteiger partial charge in [-0.1, -0.05) is 37.5 Å². The number of benzene rings is 1. The minimum absolute atomic E-state index is 0.174. The van der Waals surface area contributed by atoms with E-state index in [1.807, 2.05) is 30.5 Å². The molecule has 2 amide bonds. The summed E-state index contributed by atoms with van der Waals surface area (Å²) in [5.41, 5.74) is 3.11. The van der Waals surface area contributed by atoms with Crippen molar-refractivity contribution in [1.29, 1.82) is 0 Å². The highest BCUT2D eigenvalue weighted by Crippen LogP contribution is 2.25. The molecule has 4 rings (SSSR count). The van der Waals surface area contributed by atoms with Gasteiger partial charge in [-0.2, -0.15) is 0 Å². The van der Waals surface area contributed by atoms with E-state index in [0.29, 0.717) is 12.6 Å². The van der Waals surface area contributed by atoms with Crippen LogP contribution in [0.4, 0.5) is 16.3 Å². The second-order valence-corrected chi connectivity index (χ2v) is 8.89. The molecule has 0 radical (unpaired) electrons. The molecule has 2 fully saturated rings. The molecule has 0 unspecified atom stereocenters. The number of carbonyl (C=O) groups is 1. The topological polar surface area (TPSA) is 60.5 Å². The van der Waals surface area contributed by atoms with E-state index in [2.05, 4.69) is 44.6 Å². The Kier molecular flexibility index (Phi) is 7.41. The molecule has 2 aliphatic rings. The lowest BCUT2D eigenvalue weighted by Gasteiger charge is -2.31. The molecule has 6 heteroatoms. The molecule has 166 valence electrons. The first-order valence-electron chi connectivity index (χ1n) is 11.7. The van der Waals surface area contributed by atoms with E-state index in [4.69, 9.17) is 0 Å². The smallest absolute Gasteiger partial charge is 0.319 e. The Morgan fingerprint density at radius 3 is 2.68 bits per heavy atom. The molecule has 1 aromatic carbocycles. The number of anilines is 2. The Labute approximate surface area is 186 Å². The molecule has 31 heavy (non-hydrogen) atoms. The van der Waals surface area contributed by atoms with Crippen LogP contribution in [0.3, 0.4) is 0 Å². The van der Waals surface area contributed by atoms with Crippen molar-refractivity contribution in [3.05, 3.63) is 53.7 Å². The van der Waals surface area contributed by atoms with Gasteiger partial charge >= 0.3 is 6.03 Å². The van der Waals surface area contributed by atoms with Gasteiger partial charge in [0.1, 0.15) is 5.82 Å². The SMILES string of the molecule is CN(Cc1ccccc1NC(=O)NCc1ccnc(N2CCCC2)c1)C1CCCCC1. The molecule has 0 spiro atoms. The number of nitrogens with one attached hydrogen (secondary N) is 2. The largest absolute Gasteiger partial charge is 0.357 e. The Bertz CT molecular complexity index is 858. The number of amides is 2. The van der Waals surface area contributed by atoms with Crippen LogP contribution in [0.25, 0.3) is 0 Å². The van der Waals surface area contributed by atoms with Crippen LogP contribution in [-0.2, 0) is 13.1 Å². The van der Waals surface area contributed by atoms with Crippen LogP contribution in [0.1, 0.15) is 56.1 Å². The van der Waals surface area contributed by atoms with Gasteiger partial charge in [-0.3, -0.25) is 4.90 Å². The zero-order valence-corrected chi connectivity index (χ0v) is 18.6. The van der Waals surface area contributed by atoms with Crippen LogP contribution >= 0.6 is 0 Å². The van der Waals surface area contributed by atoms with Crippen molar-refractivity contribution < 1.29 is 4.79 Å². The fourth-order valence-electron chi connectivity index (χ4n) is 4.74. The van der Waals surface area contributed by atoms with Gasteiger partial charge in [-0.05, 0) is 62.1 Å². The third kappa shape index (κ3) is 5.97. The van der Waals surface area contributed by atoms with Crippen LogP contribution < -0.4 is 15.5 Å². The quantitative estimate of drug-likeness (QED) is 0.676. The first kappa shape index (κ1) is 21.6. The number of hydrogen-bond donors (Lipinski definition) is 2. The number of rotatable bonds is 7. The van der Waals surface area contributed by atoms with Gasteiger partial charge in [-0.15, -0.1) is 0 Å². The van der Waals surface area contributed by atoms with E-state index < -0.39 is 0 Å². The molecular weight excluding hydrogens is 386 g/mol. The van der Waals surface area contributed by atoms with Crippen LogP contribution in [0.15, 0.2) is 42.6 Å². The normalized spacial score (nSPS) is 17.2. The molecule has 6 nitrogen and oxygen atoms in total. The molecular formula is C25H35N5O. The molecule has 2 heterocycles. The number of nitrogens with zero attached hydrogens (tertiary/aromatic N) is 3. The van der Waals surface area contributed by atoms with E-state index in [9.17, 15) is 4.79 Å². The van der Waals surface area contributed by atoms with Crippen LogP contribution in [0.2, 0.25) is 0 Å². The van der Waals surface area contributed by atoms with Gasteiger partial charge in [0.25, 0.3) is 0 Å². The minimum Gasteiger partial charge on any atom is -0.357 e. The predicted octanol–water partition coefficient (Wildman–Crippen LogP) is 4.77. The number of para-hydroxylation sites is 1. The van der Waals surface area contributed by atoms with E-state index in [-0.39, 0.29) is 6.03 Å². The summed E-state index contributed by atoms with van der Waals surface area (Å²) in [4.78, 5) is 21.8. The Hall–Kier alpha value is -2.60. The van der Waals surface area contributed by atoms with Gasteiger partial charge in [0.2, 0.25) is 0 Å². The van der Waals surface area contributed by atoms with E-state index >= 15 is 0 Å². The van der Waals surface area contributed by atoms with Crippen molar-refractivity contribution in [1.82, 2.24) is 15.2 Å². The summed E-state index contributed by atoms with van der Waals surface area (Å²) in [7, 11) is 2.20. The first-order valence-corrected chi connectivity index (χ1v) is 11.7. The fourth-order valence-corrected chi connectivity index (χ4v) is 4.74. The Morgan fingerprint density at radius 2 is 1.87 bits per heavy atom. The summed E-state index contributed by atoms with van der Waals surface area (Å²) < 4.78 is 0. The summed E-state index contributed by atoms with van der Waals surface area (Å²) in [5.74, 6) is 1.01. The molecule has 1 saturated heterocycles. The van der Waals surface area contributed by atoms with E-state index in [0.717, 1.165) is 42.3 Å². The molecule has 1 aliphatic carbocycles. The van der Waals surface area contributed by atoms with Gasteiger partial charge in [-0.25, -0.2) is 9.78 Å². The number of aromatic nitrogens is 1. The number of urea groups is 1. The lowest BCUT2D eigenvalue weighted by atomic mass is 9.94. The fraction of sp³-hybridized carbons (Fsp3) is 0.520. The zero-order valence-electron chi connectivity index (χ0n) is 18.6. The molecule has 2 aromatic rings. The minimum atomic E-state index is -0.174. The van der Waals surface area contributed by atoms with Gasteiger partial charge < -0.3 is 15.5 Å². The highest BCUT2D eigenvalue weighted by molar-refractivity contribution is 5.90. The molecule has 1 aliphatic heterocycles. The first-order chi connectivity index (χ1) is 15.2. The molecule has 1 aromatic heterocycles. The lowest BCUT2D eigenvalue weighted by Crippen LogP contribution is -2.33. The highest BCUT2D eigenvalue weighted by Gasteiger charge is 2.19. The third-order valence-electron chi connectivity index (χ3n) is 6.58. The van der Waals surface area contributed by atoms with Crippen molar-refractivity contribution in [3.63, 3.8) is 0 Å². The van der Waals surface area contributed by atoms with Crippen molar-refractivity contribution in [3.8, 4) is 0 Å². The maximum Gasteiger partial charge on any atom is 0.319 e. The summed E-state index contributed by atoms with van der Waals surface area (Å²) >= 11 is 0. The maximum atomic E-state index is 12.6. The average Bonchev–Trinajstić information content (AvgIpc) is 3.35. The molecule has 1 saturated carbocycles.